The van der Waals surface area contributed by atoms with E-state index < -0.39 is 17.0 Å². The van der Waals surface area contributed by atoms with E-state index in [0.29, 0.717) is 16.5 Å². The van der Waals surface area contributed by atoms with Gasteiger partial charge >= 0.3 is 5.63 Å². The molecule has 138 valence electrons. The average Bonchev–Trinajstić information content (AvgIpc) is 3.08. The highest BCUT2D eigenvalue weighted by atomic mass is 32.1. The number of anilines is 1. The number of fused-ring (bicyclic) bond motifs is 5. The van der Waals surface area contributed by atoms with E-state index in [0.717, 1.165) is 11.3 Å². The number of hydrogen-bond acceptors (Lipinski definition) is 6. The summed E-state index contributed by atoms with van der Waals surface area (Å²) in [6.07, 6.45) is 0. The molecule has 5 aromatic rings. The maximum atomic E-state index is 14.2. The van der Waals surface area contributed by atoms with Crippen molar-refractivity contribution in [2.24, 2.45) is 0 Å². The maximum absolute atomic E-state index is 14.2. The van der Waals surface area contributed by atoms with Crippen LogP contribution in [0, 0.1) is 5.82 Å². The van der Waals surface area contributed by atoms with Gasteiger partial charge in [-0.2, -0.15) is 0 Å². The van der Waals surface area contributed by atoms with E-state index in [-0.39, 0.29) is 32.9 Å². The van der Waals surface area contributed by atoms with Crippen LogP contribution in [0.5, 0.6) is 0 Å². The summed E-state index contributed by atoms with van der Waals surface area (Å²) in [7, 11) is 0. The lowest BCUT2D eigenvalue weighted by atomic mass is 10.1. The van der Waals surface area contributed by atoms with Gasteiger partial charge in [0.2, 0.25) is 0 Å². The number of pyridine rings is 1. The van der Waals surface area contributed by atoms with E-state index in [1.165, 1.54) is 10.6 Å². The topological polar surface area (TPSA) is 91.1 Å². The summed E-state index contributed by atoms with van der Waals surface area (Å²) >= 11 is 0.972. The predicted octanol–water partition coefficient (Wildman–Crippen LogP) is 3.49. The lowest BCUT2D eigenvalue weighted by molar-refractivity contribution is 0.571. The molecule has 0 saturated heterocycles. The molecule has 0 amide bonds. The fourth-order valence-corrected chi connectivity index (χ4v) is 4.14. The number of nitrogens with two attached hydrogens (primary N) is 1. The molecule has 8 heteroatoms. The van der Waals surface area contributed by atoms with Gasteiger partial charge in [0.15, 0.2) is 10.7 Å². The van der Waals surface area contributed by atoms with Gasteiger partial charge in [0.25, 0.3) is 5.56 Å². The largest absolute Gasteiger partial charge is 0.421 e. The molecule has 0 fully saturated rings. The molecule has 2 N–H and O–H groups in total. The molecular formula is C20H12FN3O3S. The van der Waals surface area contributed by atoms with Crippen molar-refractivity contribution in [3.63, 3.8) is 0 Å². The number of hydrogen-bond donors (Lipinski definition) is 1. The lowest BCUT2D eigenvalue weighted by Gasteiger charge is -2.13. The van der Waals surface area contributed by atoms with Gasteiger partial charge in [-0.25, -0.2) is 14.2 Å². The van der Waals surface area contributed by atoms with Gasteiger partial charge in [-0.05, 0) is 18.2 Å². The van der Waals surface area contributed by atoms with E-state index >= 15 is 0 Å². The van der Waals surface area contributed by atoms with Crippen LogP contribution in [-0.2, 0) is 6.54 Å². The van der Waals surface area contributed by atoms with Crippen molar-refractivity contribution in [3.05, 3.63) is 80.7 Å². The Balaban J connectivity index is 1.97. The number of thiazole rings is 1. The Hall–Kier alpha value is -3.52. The summed E-state index contributed by atoms with van der Waals surface area (Å²) < 4.78 is 21.4. The van der Waals surface area contributed by atoms with E-state index in [1.807, 2.05) is 0 Å². The highest BCUT2D eigenvalue weighted by Crippen LogP contribution is 2.30. The molecule has 28 heavy (non-hydrogen) atoms. The minimum atomic E-state index is -0.590. The zero-order valence-electron chi connectivity index (χ0n) is 14.3. The number of benzene rings is 2. The second kappa shape index (κ2) is 6.00. The molecule has 0 aliphatic heterocycles. The van der Waals surface area contributed by atoms with Crippen molar-refractivity contribution in [2.75, 3.05) is 5.73 Å². The molecule has 0 unspecified atom stereocenters. The Morgan fingerprint density at radius 3 is 2.68 bits per heavy atom. The monoisotopic (exact) mass is 393 g/mol. The Labute approximate surface area is 160 Å². The van der Waals surface area contributed by atoms with Gasteiger partial charge in [0.05, 0.1) is 12.1 Å². The molecule has 5 rings (SSSR count). The SMILES string of the molecule is Nc1nc2c(s1)c(=O)oc1c3ccccc3n(Cc3ccccc3F)c(=O)c21. The highest BCUT2D eigenvalue weighted by Gasteiger charge is 2.20. The Morgan fingerprint density at radius 2 is 1.86 bits per heavy atom. The Kier molecular flexibility index (Phi) is 3.56. The van der Waals surface area contributed by atoms with Crippen LogP contribution in [-0.4, -0.2) is 9.55 Å². The van der Waals surface area contributed by atoms with Crippen LogP contribution in [0.3, 0.4) is 0 Å². The maximum Gasteiger partial charge on any atom is 0.356 e. The molecule has 0 radical (unpaired) electrons. The molecule has 0 atom stereocenters. The third kappa shape index (κ3) is 2.35. The first-order valence-corrected chi connectivity index (χ1v) is 9.24. The van der Waals surface area contributed by atoms with Crippen LogP contribution in [0.2, 0.25) is 0 Å². The van der Waals surface area contributed by atoms with Gasteiger partial charge in [0, 0.05) is 10.9 Å². The molecule has 2 aromatic carbocycles. The first kappa shape index (κ1) is 16.6. The minimum absolute atomic E-state index is 0.0300. The van der Waals surface area contributed by atoms with Gasteiger partial charge in [0.1, 0.15) is 21.4 Å². The smallest absolute Gasteiger partial charge is 0.356 e. The summed E-state index contributed by atoms with van der Waals surface area (Å²) in [4.78, 5) is 30.0. The van der Waals surface area contributed by atoms with Gasteiger partial charge in [-0.15, -0.1) is 0 Å². The standard InChI is InChI=1S/C20H12FN3O3S/c21-12-7-3-1-5-10(12)9-24-13-8-4-2-6-11(13)16-14(18(24)25)15-17(19(26)27-16)28-20(22)23-15/h1-8H,9H2,(H2,22,23). The van der Waals surface area contributed by atoms with Crippen LogP contribution >= 0.6 is 11.3 Å². The fraction of sp³-hybridized carbons (Fsp3) is 0.0500. The first-order chi connectivity index (χ1) is 13.5. The molecule has 0 aliphatic rings. The summed E-state index contributed by atoms with van der Waals surface area (Å²) in [5, 5.41) is 0.902. The third-order valence-corrected chi connectivity index (χ3v) is 5.54. The van der Waals surface area contributed by atoms with E-state index in [4.69, 9.17) is 10.2 Å². The van der Waals surface area contributed by atoms with Crippen molar-refractivity contribution in [3.8, 4) is 0 Å². The molecule has 3 aromatic heterocycles. The number of nitrogen functional groups attached to an aromatic ring is 1. The zero-order chi connectivity index (χ0) is 19.4. The quantitative estimate of drug-likeness (QED) is 0.464. The van der Waals surface area contributed by atoms with Gasteiger partial charge < -0.3 is 14.7 Å². The molecule has 0 bridgehead atoms. The van der Waals surface area contributed by atoms with E-state index in [2.05, 4.69) is 4.98 Å². The van der Waals surface area contributed by atoms with Crippen molar-refractivity contribution in [1.29, 1.82) is 0 Å². The van der Waals surface area contributed by atoms with Gasteiger partial charge in [-0.1, -0.05) is 41.7 Å². The summed E-state index contributed by atoms with van der Waals surface area (Å²) in [5.74, 6) is -0.402. The number of nitrogens with zero attached hydrogens (tertiary/aromatic N) is 2. The fourth-order valence-electron chi connectivity index (χ4n) is 3.43. The Morgan fingerprint density at radius 1 is 1.11 bits per heavy atom. The van der Waals surface area contributed by atoms with Crippen molar-refractivity contribution in [1.82, 2.24) is 9.55 Å². The van der Waals surface area contributed by atoms with Crippen LogP contribution in [0.15, 0.2) is 62.5 Å². The molecule has 3 heterocycles. The second-order valence-electron chi connectivity index (χ2n) is 6.32. The second-order valence-corrected chi connectivity index (χ2v) is 7.35. The Bertz CT molecular complexity index is 1520. The van der Waals surface area contributed by atoms with E-state index in [9.17, 15) is 14.0 Å². The normalized spacial score (nSPS) is 11.6. The van der Waals surface area contributed by atoms with Crippen molar-refractivity contribution < 1.29 is 8.81 Å². The lowest BCUT2D eigenvalue weighted by Crippen LogP contribution is -2.23. The third-order valence-electron chi connectivity index (χ3n) is 4.67. The highest BCUT2D eigenvalue weighted by molar-refractivity contribution is 7.22. The first-order valence-electron chi connectivity index (χ1n) is 8.42. The summed E-state index contributed by atoms with van der Waals surface area (Å²) in [6.45, 7) is 0.0300. The van der Waals surface area contributed by atoms with Crippen molar-refractivity contribution in [2.45, 2.75) is 6.54 Å². The molecule has 0 saturated carbocycles. The van der Waals surface area contributed by atoms with E-state index in [1.54, 1.807) is 42.5 Å². The number of aromatic nitrogens is 2. The minimum Gasteiger partial charge on any atom is -0.421 e. The molecule has 0 spiro atoms. The number of rotatable bonds is 2. The number of halogens is 1. The van der Waals surface area contributed by atoms with Crippen LogP contribution in [0.4, 0.5) is 9.52 Å². The average molecular weight is 393 g/mol. The number of para-hydroxylation sites is 1. The van der Waals surface area contributed by atoms with Crippen LogP contribution < -0.4 is 16.9 Å². The molecule has 6 nitrogen and oxygen atoms in total. The summed E-state index contributed by atoms with van der Waals surface area (Å²) in [5.41, 5.74) is 6.04. The van der Waals surface area contributed by atoms with Gasteiger partial charge in [-0.3, -0.25) is 4.79 Å². The molecule has 0 aliphatic carbocycles. The van der Waals surface area contributed by atoms with Crippen molar-refractivity contribution >= 4 is 48.6 Å². The van der Waals surface area contributed by atoms with Crippen LogP contribution in [0.1, 0.15) is 5.56 Å². The molecular weight excluding hydrogens is 381 g/mol. The predicted molar refractivity (Wildman–Crippen MR) is 107 cm³/mol. The zero-order valence-corrected chi connectivity index (χ0v) is 15.1. The summed E-state index contributed by atoms with van der Waals surface area (Å²) in [6, 6.07) is 13.3. The van der Waals surface area contributed by atoms with Crippen LogP contribution in [0.25, 0.3) is 32.1 Å².